The first kappa shape index (κ1) is 18.1. The summed E-state index contributed by atoms with van der Waals surface area (Å²) in [6, 6.07) is 3.99. The van der Waals surface area contributed by atoms with Crippen molar-refractivity contribution in [3.63, 3.8) is 0 Å². The Morgan fingerprint density at radius 1 is 1.32 bits per heavy atom. The van der Waals surface area contributed by atoms with E-state index in [1.54, 1.807) is 0 Å². The van der Waals surface area contributed by atoms with E-state index < -0.39 is 14.9 Å². The summed E-state index contributed by atoms with van der Waals surface area (Å²) in [5.41, 5.74) is 0.202. The van der Waals surface area contributed by atoms with Crippen LogP contribution in [0.25, 0.3) is 0 Å². The standard InChI is InChI=1S/C15H21N3O6S/c1-16-25(21,22)12-4-5-13(14(9-12)18(19)20)17-6-2-3-11(10-17)15-23-7-8-24-15/h4-5,9,11,15-16H,2-3,6-8,10H2,1H3/t11-/m0/s1. The Morgan fingerprint density at radius 2 is 2.04 bits per heavy atom. The number of piperidine rings is 1. The second kappa shape index (κ2) is 7.24. The van der Waals surface area contributed by atoms with Gasteiger partial charge >= 0.3 is 0 Å². The van der Waals surface area contributed by atoms with Crippen LogP contribution >= 0.6 is 0 Å². The van der Waals surface area contributed by atoms with Crippen molar-refractivity contribution in [3.8, 4) is 0 Å². The minimum absolute atomic E-state index is 0.124. The molecule has 0 aromatic heterocycles. The second-order valence-corrected chi connectivity index (χ2v) is 7.96. The van der Waals surface area contributed by atoms with E-state index in [-0.39, 0.29) is 22.8 Å². The quantitative estimate of drug-likeness (QED) is 0.609. The molecule has 2 saturated heterocycles. The van der Waals surface area contributed by atoms with Gasteiger partial charge in [0.2, 0.25) is 10.0 Å². The predicted molar refractivity (Wildman–Crippen MR) is 90.0 cm³/mol. The molecular weight excluding hydrogens is 350 g/mol. The first-order chi connectivity index (χ1) is 11.9. The molecule has 1 atom stereocenters. The highest BCUT2D eigenvalue weighted by Crippen LogP contribution is 2.35. The summed E-state index contributed by atoms with van der Waals surface area (Å²) in [5.74, 6) is 0.136. The number of nitro benzene ring substituents is 1. The number of anilines is 1. The Labute approximate surface area is 146 Å². The van der Waals surface area contributed by atoms with Gasteiger partial charge in [-0.05, 0) is 32.0 Å². The molecule has 0 radical (unpaired) electrons. The van der Waals surface area contributed by atoms with Crippen LogP contribution in [0.15, 0.2) is 23.1 Å². The van der Waals surface area contributed by atoms with Crippen molar-refractivity contribution >= 4 is 21.4 Å². The lowest BCUT2D eigenvalue weighted by molar-refractivity contribution is -0.384. The molecule has 3 rings (SSSR count). The topological polar surface area (TPSA) is 111 Å². The van der Waals surface area contributed by atoms with Crippen molar-refractivity contribution in [1.29, 1.82) is 0 Å². The van der Waals surface area contributed by atoms with E-state index in [0.29, 0.717) is 32.0 Å². The molecule has 2 aliphatic rings. The van der Waals surface area contributed by atoms with Gasteiger partial charge in [-0.25, -0.2) is 13.1 Å². The second-order valence-electron chi connectivity index (χ2n) is 6.07. The van der Waals surface area contributed by atoms with Gasteiger partial charge in [-0.1, -0.05) is 0 Å². The number of benzene rings is 1. The van der Waals surface area contributed by atoms with Crippen LogP contribution in [-0.4, -0.2) is 53.0 Å². The molecule has 0 saturated carbocycles. The number of ether oxygens (including phenoxy) is 2. The van der Waals surface area contributed by atoms with Gasteiger partial charge in [0, 0.05) is 25.1 Å². The maximum absolute atomic E-state index is 11.9. The van der Waals surface area contributed by atoms with Gasteiger partial charge < -0.3 is 14.4 Å². The number of nitrogens with one attached hydrogen (secondary N) is 1. The molecule has 1 N–H and O–H groups in total. The van der Waals surface area contributed by atoms with Crippen LogP contribution in [0.2, 0.25) is 0 Å². The van der Waals surface area contributed by atoms with Crippen molar-refractivity contribution < 1.29 is 22.8 Å². The lowest BCUT2D eigenvalue weighted by Crippen LogP contribution is -2.41. The van der Waals surface area contributed by atoms with Crippen molar-refractivity contribution in [2.45, 2.75) is 24.0 Å². The molecule has 10 heteroatoms. The number of hydrogen-bond acceptors (Lipinski definition) is 7. The SMILES string of the molecule is CNS(=O)(=O)c1ccc(N2CCC[C@H](C3OCCO3)C2)c([N+](=O)[O-])c1. The van der Waals surface area contributed by atoms with Crippen LogP contribution in [0, 0.1) is 16.0 Å². The molecule has 0 aliphatic carbocycles. The molecule has 2 fully saturated rings. The van der Waals surface area contributed by atoms with Crippen LogP contribution in [0.1, 0.15) is 12.8 Å². The number of nitro groups is 1. The Bertz CT molecular complexity index is 748. The Balaban J connectivity index is 1.89. The fourth-order valence-corrected chi connectivity index (χ4v) is 4.05. The Hall–Kier alpha value is -1.75. The summed E-state index contributed by atoms with van der Waals surface area (Å²) in [5, 5.41) is 11.5. The molecule has 0 amide bonds. The summed E-state index contributed by atoms with van der Waals surface area (Å²) in [6.07, 6.45) is 1.52. The number of rotatable bonds is 5. The van der Waals surface area contributed by atoms with E-state index in [1.165, 1.54) is 19.2 Å². The summed E-state index contributed by atoms with van der Waals surface area (Å²) >= 11 is 0. The molecule has 0 spiro atoms. The van der Waals surface area contributed by atoms with E-state index in [9.17, 15) is 18.5 Å². The summed E-state index contributed by atoms with van der Waals surface area (Å²) in [7, 11) is -2.47. The highest BCUT2D eigenvalue weighted by molar-refractivity contribution is 7.89. The first-order valence-electron chi connectivity index (χ1n) is 8.12. The van der Waals surface area contributed by atoms with Crippen LogP contribution in [0.5, 0.6) is 0 Å². The third-order valence-corrected chi connectivity index (χ3v) is 5.97. The van der Waals surface area contributed by atoms with Crippen LogP contribution < -0.4 is 9.62 Å². The van der Waals surface area contributed by atoms with E-state index in [2.05, 4.69) is 4.72 Å². The maximum Gasteiger partial charge on any atom is 0.293 e. The van der Waals surface area contributed by atoms with Gasteiger partial charge in [-0.3, -0.25) is 10.1 Å². The first-order valence-corrected chi connectivity index (χ1v) is 9.61. The summed E-state index contributed by atoms with van der Waals surface area (Å²) in [6.45, 7) is 2.38. The van der Waals surface area contributed by atoms with Gasteiger partial charge in [-0.15, -0.1) is 0 Å². The third-order valence-electron chi connectivity index (χ3n) is 4.55. The molecule has 9 nitrogen and oxygen atoms in total. The van der Waals surface area contributed by atoms with Crippen LogP contribution in [-0.2, 0) is 19.5 Å². The van der Waals surface area contributed by atoms with Crippen molar-refractivity contribution in [2.75, 3.05) is 38.3 Å². The lowest BCUT2D eigenvalue weighted by atomic mass is 9.96. The molecule has 0 bridgehead atoms. The maximum atomic E-state index is 11.9. The van der Waals surface area contributed by atoms with Gasteiger partial charge in [-0.2, -0.15) is 0 Å². The number of nitrogens with zero attached hydrogens (tertiary/aromatic N) is 2. The molecule has 1 aromatic carbocycles. The fourth-order valence-electron chi connectivity index (χ4n) is 3.30. The van der Waals surface area contributed by atoms with Crippen molar-refractivity contribution in [1.82, 2.24) is 4.72 Å². The normalized spacial score (nSPS) is 22.3. The highest BCUT2D eigenvalue weighted by Gasteiger charge is 2.33. The lowest BCUT2D eigenvalue weighted by Gasteiger charge is -2.35. The molecule has 25 heavy (non-hydrogen) atoms. The Morgan fingerprint density at radius 3 is 2.68 bits per heavy atom. The molecular formula is C15H21N3O6S. The molecule has 138 valence electrons. The molecule has 0 unspecified atom stereocenters. The zero-order chi connectivity index (χ0) is 18.0. The van der Waals surface area contributed by atoms with Gasteiger partial charge in [0.15, 0.2) is 6.29 Å². The van der Waals surface area contributed by atoms with Crippen molar-refractivity contribution in [3.05, 3.63) is 28.3 Å². The summed E-state index contributed by atoms with van der Waals surface area (Å²) in [4.78, 5) is 12.7. The van der Waals surface area contributed by atoms with Crippen molar-refractivity contribution in [2.24, 2.45) is 5.92 Å². The smallest absolute Gasteiger partial charge is 0.293 e. The summed E-state index contributed by atoms with van der Waals surface area (Å²) < 4.78 is 37.1. The zero-order valence-electron chi connectivity index (χ0n) is 13.9. The minimum atomic E-state index is -3.74. The van der Waals surface area contributed by atoms with E-state index in [0.717, 1.165) is 18.9 Å². The van der Waals surface area contributed by atoms with Gasteiger partial charge in [0.05, 0.1) is 23.0 Å². The molecule has 1 aromatic rings. The van der Waals surface area contributed by atoms with E-state index >= 15 is 0 Å². The molecule has 2 heterocycles. The number of hydrogen-bond donors (Lipinski definition) is 1. The van der Waals surface area contributed by atoms with Gasteiger partial charge in [0.25, 0.3) is 5.69 Å². The number of sulfonamides is 1. The Kier molecular flexibility index (Phi) is 5.23. The zero-order valence-corrected chi connectivity index (χ0v) is 14.7. The van der Waals surface area contributed by atoms with Gasteiger partial charge in [0.1, 0.15) is 5.69 Å². The highest BCUT2D eigenvalue weighted by atomic mass is 32.2. The average Bonchev–Trinajstić information content (AvgIpc) is 3.16. The monoisotopic (exact) mass is 371 g/mol. The van der Waals surface area contributed by atoms with Crippen LogP contribution in [0.3, 0.4) is 0 Å². The fraction of sp³-hybridized carbons (Fsp3) is 0.600. The van der Waals surface area contributed by atoms with E-state index in [1.807, 2.05) is 4.90 Å². The van der Waals surface area contributed by atoms with Crippen LogP contribution in [0.4, 0.5) is 11.4 Å². The average molecular weight is 371 g/mol. The third kappa shape index (κ3) is 3.76. The van der Waals surface area contributed by atoms with E-state index in [4.69, 9.17) is 9.47 Å². The predicted octanol–water partition coefficient (Wildman–Crippen LogP) is 1.09. The molecule has 2 aliphatic heterocycles. The minimum Gasteiger partial charge on any atom is -0.366 e. The largest absolute Gasteiger partial charge is 0.366 e.